The lowest BCUT2D eigenvalue weighted by Gasteiger charge is -2.36. The maximum absolute atomic E-state index is 13.5. The van der Waals surface area contributed by atoms with E-state index in [9.17, 15) is 9.59 Å². The zero-order valence-corrected chi connectivity index (χ0v) is 17.3. The highest BCUT2D eigenvalue weighted by Gasteiger charge is 2.39. The van der Waals surface area contributed by atoms with Crippen molar-refractivity contribution < 1.29 is 9.59 Å². The second kappa shape index (κ2) is 6.87. The highest BCUT2D eigenvalue weighted by molar-refractivity contribution is 5.99. The first-order valence-corrected chi connectivity index (χ1v) is 9.36. The number of carbonyl (C=O) groups is 2. The fourth-order valence-electron chi connectivity index (χ4n) is 4.21. The number of likely N-dealkylation sites (N-methyl/N-ethyl adjacent to an activating group) is 1. The molecule has 2 amide bonds. The molecule has 0 saturated heterocycles. The molecule has 0 aromatic carbocycles. The molecule has 0 spiro atoms. The van der Waals surface area contributed by atoms with Crippen molar-refractivity contribution in [2.45, 2.75) is 46.2 Å². The third-order valence-electron chi connectivity index (χ3n) is 5.46. The summed E-state index contributed by atoms with van der Waals surface area (Å²) in [6, 6.07) is 1.58. The number of aryl methyl sites for hydroxylation is 2. The molecular weight excluding hydrogens is 342 g/mol. The van der Waals surface area contributed by atoms with Crippen molar-refractivity contribution >= 4 is 11.8 Å². The van der Waals surface area contributed by atoms with Gasteiger partial charge in [0.05, 0.1) is 11.8 Å². The van der Waals surface area contributed by atoms with E-state index in [0.717, 1.165) is 22.6 Å². The molecule has 3 heterocycles. The van der Waals surface area contributed by atoms with Crippen LogP contribution in [0.15, 0.2) is 12.3 Å². The molecule has 2 aromatic heterocycles. The number of fused-ring (bicyclic) bond motifs is 1. The summed E-state index contributed by atoms with van der Waals surface area (Å²) < 4.78 is 3.97. The van der Waals surface area contributed by atoms with Crippen LogP contribution in [0.2, 0.25) is 0 Å². The van der Waals surface area contributed by atoms with Crippen LogP contribution in [0.5, 0.6) is 0 Å². The van der Waals surface area contributed by atoms with Crippen LogP contribution in [-0.2, 0) is 18.3 Å². The monoisotopic (exact) mass is 371 g/mol. The Bertz CT molecular complexity index is 891. The summed E-state index contributed by atoms with van der Waals surface area (Å²) >= 11 is 0. The molecule has 2 aromatic rings. The van der Waals surface area contributed by atoms with Crippen LogP contribution < -0.4 is 0 Å². The van der Waals surface area contributed by atoms with Crippen LogP contribution in [0.1, 0.15) is 58.9 Å². The summed E-state index contributed by atoms with van der Waals surface area (Å²) in [5.74, 6) is -0.195. The molecule has 1 atom stereocenters. The van der Waals surface area contributed by atoms with Gasteiger partial charge in [-0.15, -0.1) is 0 Å². The SMILES string of the molecule is Cc1cc(C(=O)N2CCc3c(cnn3C)C2C(=O)N(C)C)c(C)n1C(C)C. The number of hydrogen-bond donors (Lipinski definition) is 0. The fourth-order valence-corrected chi connectivity index (χ4v) is 4.21. The lowest BCUT2D eigenvalue weighted by Crippen LogP contribution is -2.47. The molecule has 0 radical (unpaired) electrons. The van der Waals surface area contributed by atoms with Crippen molar-refractivity contribution in [3.8, 4) is 0 Å². The number of carbonyl (C=O) groups excluding carboxylic acids is 2. The Hall–Kier alpha value is -2.57. The van der Waals surface area contributed by atoms with E-state index in [1.54, 1.807) is 34.8 Å². The van der Waals surface area contributed by atoms with Gasteiger partial charge in [-0.3, -0.25) is 14.3 Å². The van der Waals surface area contributed by atoms with Gasteiger partial charge in [0.25, 0.3) is 5.91 Å². The summed E-state index contributed by atoms with van der Waals surface area (Å²) in [5.41, 5.74) is 4.52. The Morgan fingerprint density at radius 2 is 1.93 bits per heavy atom. The van der Waals surface area contributed by atoms with Crippen molar-refractivity contribution in [1.82, 2.24) is 24.1 Å². The normalized spacial score (nSPS) is 16.6. The molecule has 27 heavy (non-hydrogen) atoms. The van der Waals surface area contributed by atoms with Gasteiger partial charge in [-0.1, -0.05) is 0 Å². The molecule has 3 rings (SSSR count). The molecule has 1 aliphatic heterocycles. The standard InChI is InChI=1S/C20H29N5O2/c1-12(2)25-13(3)10-15(14(25)4)19(26)24-9-8-17-16(11-21-23(17)7)18(24)20(27)22(5)6/h10-12,18H,8-9H2,1-7H3. The summed E-state index contributed by atoms with van der Waals surface area (Å²) in [4.78, 5) is 29.7. The highest BCUT2D eigenvalue weighted by Crippen LogP contribution is 2.33. The van der Waals surface area contributed by atoms with Gasteiger partial charge in [0.2, 0.25) is 5.91 Å². The van der Waals surface area contributed by atoms with Crippen molar-refractivity contribution in [1.29, 1.82) is 0 Å². The van der Waals surface area contributed by atoms with Crippen LogP contribution in [-0.4, -0.2) is 56.6 Å². The van der Waals surface area contributed by atoms with E-state index in [4.69, 9.17) is 0 Å². The molecule has 1 aliphatic rings. The van der Waals surface area contributed by atoms with E-state index >= 15 is 0 Å². The van der Waals surface area contributed by atoms with Gasteiger partial charge in [-0.25, -0.2) is 0 Å². The first-order valence-electron chi connectivity index (χ1n) is 9.36. The lowest BCUT2D eigenvalue weighted by molar-refractivity contribution is -0.134. The van der Waals surface area contributed by atoms with Gasteiger partial charge in [0, 0.05) is 62.8 Å². The molecule has 1 unspecified atom stereocenters. The van der Waals surface area contributed by atoms with Crippen molar-refractivity contribution in [3.63, 3.8) is 0 Å². The number of hydrogen-bond acceptors (Lipinski definition) is 3. The molecule has 0 bridgehead atoms. The minimum absolute atomic E-state index is 0.0929. The van der Waals surface area contributed by atoms with Crippen LogP contribution in [0.4, 0.5) is 0 Å². The highest BCUT2D eigenvalue weighted by atomic mass is 16.2. The first kappa shape index (κ1) is 19.2. The summed E-state index contributed by atoms with van der Waals surface area (Å²) in [7, 11) is 5.32. The van der Waals surface area contributed by atoms with Gasteiger partial charge in [-0.05, 0) is 33.8 Å². The van der Waals surface area contributed by atoms with E-state index in [1.807, 2.05) is 27.0 Å². The molecule has 0 fully saturated rings. The molecule has 0 N–H and O–H groups in total. The van der Waals surface area contributed by atoms with Crippen molar-refractivity contribution in [3.05, 3.63) is 40.5 Å². The van der Waals surface area contributed by atoms with E-state index in [-0.39, 0.29) is 17.9 Å². The zero-order chi connectivity index (χ0) is 20.0. The van der Waals surface area contributed by atoms with E-state index < -0.39 is 6.04 Å². The predicted octanol–water partition coefficient (Wildman–Crippen LogP) is 2.25. The second-order valence-corrected chi connectivity index (χ2v) is 7.80. The summed E-state index contributed by atoms with van der Waals surface area (Å²) in [5, 5.41) is 4.32. The van der Waals surface area contributed by atoms with Crippen LogP contribution in [0.25, 0.3) is 0 Å². The molecule has 7 heteroatoms. The van der Waals surface area contributed by atoms with E-state index in [0.29, 0.717) is 18.5 Å². The zero-order valence-electron chi connectivity index (χ0n) is 17.3. The largest absolute Gasteiger partial charge is 0.347 e. The topological polar surface area (TPSA) is 63.4 Å². The molecule has 0 saturated carbocycles. The van der Waals surface area contributed by atoms with Gasteiger partial charge >= 0.3 is 0 Å². The van der Waals surface area contributed by atoms with E-state index in [1.165, 1.54) is 0 Å². The second-order valence-electron chi connectivity index (χ2n) is 7.80. The van der Waals surface area contributed by atoms with Gasteiger partial charge in [0.1, 0.15) is 6.04 Å². The Balaban J connectivity index is 2.06. The minimum Gasteiger partial charge on any atom is -0.347 e. The lowest BCUT2D eigenvalue weighted by atomic mass is 9.96. The van der Waals surface area contributed by atoms with E-state index in [2.05, 4.69) is 23.5 Å². The average Bonchev–Trinajstić information content (AvgIpc) is 3.12. The fraction of sp³-hybridized carbons (Fsp3) is 0.550. The van der Waals surface area contributed by atoms with Crippen molar-refractivity contribution in [2.75, 3.05) is 20.6 Å². The smallest absolute Gasteiger partial charge is 0.256 e. The van der Waals surface area contributed by atoms with Crippen LogP contribution in [0.3, 0.4) is 0 Å². The first-order chi connectivity index (χ1) is 12.6. The Labute approximate surface area is 160 Å². The quantitative estimate of drug-likeness (QED) is 0.831. The van der Waals surface area contributed by atoms with Crippen LogP contribution >= 0.6 is 0 Å². The maximum atomic E-state index is 13.5. The number of nitrogens with zero attached hydrogens (tertiary/aromatic N) is 5. The Kier molecular flexibility index (Phi) is 4.88. The van der Waals surface area contributed by atoms with Crippen LogP contribution in [0, 0.1) is 13.8 Å². The predicted molar refractivity (Wildman–Crippen MR) is 104 cm³/mol. The summed E-state index contributed by atoms with van der Waals surface area (Å²) in [6.07, 6.45) is 2.41. The number of rotatable bonds is 3. The maximum Gasteiger partial charge on any atom is 0.256 e. The minimum atomic E-state index is -0.632. The third kappa shape index (κ3) is 3.05. The molecule has 7 nitrogen and oxygen atoms in total. The van der Waals surface area contributed by atoms with Crippen molar-refractivity contribution in [2.24, 2.45) is 7.05 Å². The summed E-state index contributed by atoms with van der Waals surface area (Å²) in [6.45, 7) is 8.70. The molecule has 146 valence electrons. The average molecular weight is 371 g/mol. The number of aromatic nitrogens is 3. The molecular formula is C20H29N5O2. The number of amides is 2. The van der Waals surface area contributed by atoms with Gasteiger partial charge in [-0.2, -0.15) is 5.10 Å². The van der Waals surface area contributed by atoms with Gasteiger partial charge in [0.15, 0.2) is 0 Å². The third-order valence-corrected chi connectivity index (χ3v) is 5.46. The Morgan fingerprint density at radius 1 is 1.26 bits per heavy atom. The van der Waals surface area contributed by atoms with Gasteiger partial charge < -0.3 is 14.4 Å². The molecule has 0 aliphatic carbocycles. The Morgan fingerprint density at radius 3 is 2.48 bits per heavy atom.